The molecule has 0 atom stereocenters. The Hall–Kier alpha value is -4.18. The second kappa shape index (κ2) is 7.92. The molecule has 152 valence electrons. The molecular formula is C21H15N7O2S. The van der Waals surface area contributed by atoms with Crippen molar-refractivity contribution in [1.29, 1.82) is 0 Å². The number of aromatic nitrogens is 6. The number of methoxy groups -OCH3 is 1. The SMILES string of the molecule is COc1ccc(-n2nc(-c3ccnc4ncnn34)sc2=NC(=O)c2ccccc2)cc1. The Kier molecular flexibility index (Phi) is 4.81. The van der Waals surface area contributed by atoms with Crippen LogP contribution in [0.25, 0.3) is 22.2 Å². The Morgan fingerprint density at radius 1 is 1.03 bits per heavy atom. The molecule has 0 spiro atoms. The second-order valence-corrected chi connectivity index (χ2v) is 7.34. The van der Waals surface area contributed by atoms with E-state index in [1.807, 2.05) is 30.3 Å². The van der Waals surface area contributed by atoms with Crippen LogP contribution in [0, 0.1) is 0 Å². The molecule has 0 aliphatic heterocycles. The van der Waals surface area contributed by atoms with Crippen molar-refractivity contribution in [3.05, 3.63) is 83.6 Å². The summed E-state index contributed by atoms with van der Waals surface area (Å²) in [5.41, 5.74) is 1.94. The Morgan fingerprint density at radius 3 is 2.61 bits per heavy atom. The summed E-state index contributed by atoms with van der Waals surface area (Å²) < 4.78 is 8.47. The minimum atomic E-state index is -0.348. The van der Waals surface area contributed by atoms with Crippen molar-refractivity contribution < 1.29 is 9.53 Å². The van der Waals surface area contributed by atoms with Gasteiger partial charge in [-0.25, -0.2) is 9.67 Å². The normalized spacial score (nSPS) is 11.7. The molecule has 0 saturated heterocycles. The van der Waals surface area contributed by atoms with Crippen LogP contribution in [0.5, 0.6) is 5.75 Å². The van der Waals surface area contributed by atoms with Gasteiger partial charge in [0.1, 0.15) is 17.8 Å². The molecule has 10 heteroatoms. The lowest BCUT2D eigenvalue weighted by atomic mass is 10.2. The van der Waals surface area contributed by atoms with Crippen LogP contribution < -0.4 is 9.54 Å². The molecule has 0 aliphatic carbocycles. The maximum absolute atomic E-state index is 12.8. The molecule has 0 bridgehead atoms. The molecule has 31 heavy (non-hydrogen) atoms. The van der Waals surface area contributed by atoms with Crippen LogP contribution in [0.2, 0.25) is 0 Å². The standard InChI is InChI=1S/C21H15N7O2S/c1-30-16-9-7-15(8-10-16)27-21(25-18(29)14-5-3-2-4-6-14)31-19(26-27)17-11-12-22-20-23-13-24-28(17)20/h2-13H,1H3. The van der Waals surface area contributed by atoms with Gasteiger partial charge in [-0.1, -0.05) is 29.5 Å². The van der Waals surface area contributed by atoms with E-state index in [1.165, 1.54) is 17.7 Å². The van der Waals surface area contributed by atoms with Crippen molar-refractivity contribution in [1.82, 2.24) is 29.4 Å². The summed E-state index contributed by atoms with van der Waals surface area (Å²) in [4.78, 5) is 25.8. The van der Waals surface area contributed by atoms with E-state index in [9.17, 15) is 4.79 Å². The second-order valence-electron chi connectivity index (χ2n) is 6.38. The molecular weight excluding hydrogens is 414 g/mol. The highest BCUT2D eigenvalue weighted by Gasteiger charge is 2.15. The fourth-order valence-electron chi connectivity index (χ4n) is 2.98. The van der Waals surface area contributed by atoms with Crippen molar-refractivity contribution in [2.24, 2.45) is 4.99 Å². The molecule has 1 amide bonds. The molecule has 9 nitrogen and oxygen atoms in total. The number of benzene rings is 2. The zero-order valence-electron chi connectivity index (χ0n) is 16.3. The minimum Gasteiger partial charge on any atom is -0.497 e. The minimum absolute atomic E-state index is 0.348. The van der Waals surface area contributed by atoms with Gasteiger partial charge in [-0.2, -0.15) is 24.7 Å². The summed E-state index contributed by atoms with van der Waals surface area (Å²) in [6, 6.07) is 18.1. The van der Waals surface area contributed by atoms with Crippen LogP contribution in [-0.4, -0.2) is 42.4 Å². The first-order valence-corrected chi connectivity index (χ1v) is 10.1. The highest BCUT2D eigenvalue weighted by Crippen LogP contribution is 2.21. The van der Waals surface area contributed by atoms with E-state index in [4.69, 9.17) is 9.84 Å². The third-order valence-corrected chi connectivity index (χ3v) is 5.43. The van der Waals surface area contributed by atoms with Gasteiger partial charge in [0.25, 0.3) is 11.7 Å². The maximum atomic E-state index is 12.8. The molecule has 0 unspecified atom stereocenters. The van der Waals surface area contributed by atoms with Crippen molar-refractivity contribution in [2.45, 2.75) is 0 Å². The Balaban J connectivity index is 1.69. The van der Waals surface area contributed by atoms with Gasteiger partial charge in [-0.3, -0.25) is 4.79 Å². The number of amides is 1. The van der Waals surface area contributed by atoms with Gasteiger partial charge in [0.15, 0.2) is 5.01 Å². The summed E-state index contributed by atoms with van der Waals surface area (Å²) in [5, 5.41) is 9.56. The molecule has 5 aromatic rings. The van der Waals surface area contributed by atoms with E-state index in [0.717, 1.165) is 11.4 Å². The maximum Gasteiger partial charge on any atom is 0.279 e. The van der Waals surface area contributed by atoms with Gasteiger partial charge >= 0.3 is 0 Å². The molecule has 3 aromatic heterocycles. The summed E-state index contributed by atoms with van der Waals surface area (Å²) in [6.45, 7) is 0. The van der Waals surface area contributed by atoms with Crippen LogP contribution >= 0.6 is 11.3 Å². The van der Waals surface area contributed by atoms with Gasteiger partial charge in [0.05, 0.1) is 12.8 Å². The fraction of sp³-hybridized carbons (Fsp3) is 0.0476. The molecule has 0 aliphatic rings. The lowest BCUT2D eigenvalue weighted by Gasteiger charge is -2.03. The van der Waals surface area contributed by atoms with E-state index in [-0.39, 0.29) is 5.91 Å². The number of hydrogen-bond donors (Lipinski definition) is 0. The van der Waals surface area contributed by atoms with Gasteiger partial charge in [0.2, 0.25) is 4.80 Å². The summed E-state index contributed by atoms with van der Waals surface area (Å²) >= 11 is 1.28. The zero-order chi connectivity index (χ0) is 21.2. The summed E-state index contributed by atoms with van der Waals surface area (Å²) in [5.74, 6) is 0.832. The average molecular weight is 429 g/mol. The predicted molar refractivity (Wildman–Crippen MR) is 114 cm³/mol. The van der Waals surface area contributed by atoms with Crippen LogP contribution in [0.1, 0.15) is 10.4 Å². The highest BCUT2D eigenvalue weighted by molar-refractivity contribution is 7.12. The first-order chi connectivity index (χ1) is 15.2. The molecule has 0 N–H and O–H groups in total. The molecule has 0 saturated carbocycles. The van der Waals surface area contributed by atoms with Crippen LogP contribution in [0.15, 0.2) is 78.2 Å². The Labute approximate surface area is 180 Å². The quantitative estimate of drug-likeness (QED) is 0.436. The fourth-order valence-corrected chi connectivity index (χ4v) is 3.90. The largest absolute Gasteiger partial charge is 0.497 e. The van der Waals surface area contributed by atoms with Gasteiger partial charge < -0.3 is 4.74 Å². The summed E-state index contributed by atoms with van der Waals surface area (Å²) in [7, 11) is 1.61. The van der Waals surface area contributed by atoms with Crippen molar-refractivity contribution in [2.75, 3.05) is 7.11 Å². The number of rotatable bonds is 4. The van der Waals surface area contributed by atoms with Crippen molar-refractivity contribution in [3.8, 4) is 22.1 Å². The molecule has 5 rings (SSSR count). The van der Waals surface area contributed by atoms with Crippen molar-refractivity contribution >= 4 is 23.0 Å². The van der Waals surface area contributed by atoms with Gasteiger partial charge in [-0.05, 0) is 42.5 Å². The molecule has 2 aromatic carbocycles. The molecule has 0 fully saturated rings. The predicted octanol–water partition coefficient (Wildman–Crippen LogP) is 2.79. The van der Waals surface area contributed by atoms with E-state index in [1.54, 1.807) is 52.8 Å². The van der Waals surface area contributed by atoms with Gasteiger partial charge in [0, 0.05) is 11.8 Å². The van der Waals surface area contributed by atoms with Crippen molar-refractivity contribution in [3.63, 3.8) is 0 Å². The average Bonchev–Trinajstić information content (AvgIpc) is 3.47. The van der Waals surface area contributed by atoms with Crippen LogP contribution in [0.3, 0.4) is 0 Å². The molecule has 3 heterocycles. The van der Waals surface area contributed by atoms with E-state index < -0.39 is 0 Å². The number of carbonyl (C=O) groups is 1. The van der Waals surface area contributed by atoms with Crippen LogP contribution in [0.4, 0.5) is 0 Å². The summed E-state index contributed by atoms with van der Waals surface area (Å²) in [6.07, 6.45) is 3.07. The topological polar surface area (TPSA) is 99.6 Å². The third-order valence-electron chi connectivity index (χ3n) is 4.49. The number of nitrogens with zero attached hydrogens (tertiary/aromatic N) is 7. The number of hydrogen-bond acceptors (Lipinski definition) is 7. The third kappa shape index (κ3) is 3.60. The Morgan fingerprint density at radius 2 is 1.84 bits per heavy atom. The number of carbonyl (C=O) groups excluding carboxylic acids is 1. The van der Waals surface area contributed by atoms with E-state index >= 15 is 0 Å². The monoisotopic (exact) mass is 429 g/mol. The van der Waals surface area contributed by atoms with E-state index in [2.05, 4.69) is 20.1 Å². The lowest BCUT2D eigenvalue weighted by molar-refractivity contribution is 0.0998. The Bertz CT molecular complexity index is 1440. The van der Waals surface area contributed by atoms with Gasteiger partial charge in [-0.15, -0.1) is 0 Å². The van der Waals surface area contributed by atoms with E-state index in [0.29, 0.717) is 26.8 Å². The smallest absolute Gasteiger partial charge is 0.279 e. The first kappa shape index (κ1) is 18.8. The highest BCUT2D eigenvalue weighted by atomic mass is 32.1. The zero-order valence-corrected chi connectivity index (χ0v) is 17.1. The molecule has 0 radical (unpaired) electrons. The lowest BCUT2D eigenvalue weighted by Crippen LogP contribution is -2.16. The number of ether oxygens (including phenoxy) is 1. The number of fused-ring (bicyclic) bond motifs is 1. The first-order valence-electron chi connectivity index (χ1n) is 9.27. The van der Waals surface area contributed by atoms with Crippen LogP contribution in [-0.2, 0) is 0 Å².